The molecule has 1 aliphatic heterocycles. The average molecular weight is 287 g/mol. The van der Waals surface area contributed by atoms with Gasteiger partial charge in [0.1, 0.15) is 0 Å². The molecular weight excluding hydrogens is 262 g/mol. The van der Waals surface area contributed by atoms with Crippen LogP contribution in [0.2, 0.25) is 0 Å². The van der Waals surface area contributed by atoms with Crippen molar-refractivity contribution < 1.29 is 4.79 Å². The van der Waals surface area contributed by atoms with Crippen LogP contribution in [0, 0.1) is 5.41 Å². The number of carbonyl (C=O) groups is 1. The predicted molar refractivity (Wildman–Crippen MR) is 86.9 cm³/mol. The molecule has 0 bridgehead atoms. The second kappa shape index (κ2) is 5.58. The summed E-state index contributed by atoms with van der Waals surface area (Å²) < 4.78 is 0. The number of nitrogens with one attached hydrogen (secondary N) is 3. The van der Waals surface area contributed by atoms with Crippen molar-refractivity contribution in [2.45, 2.75) is 45.6 Å². The molecule has 21 heavy (non-hydrogen) atoms. The Morgan fingerprint density at radius 1 is 1.24 bits per heavy atom. The van der Waals surface area contributed by atoms with Crippen LogP contribution in [-0.4, -0.2) is 25.0 Å². The topological polar surface area (TPSA) is 53.2 Å². The highest BCUT2D eigenvalue weighted by Crippen LogP contribution is 2.35. The molecule has 0 radical (unpaired) electrons. The molecule has 0 aromatic heterocycles. The van der Waals surface area contributed by atoms with Crippen LogP contribution in [0.15, 0.2) is 18.2 Å². The molecule has 4 nitrogen and oxygen atoms in total. The van der Waals surface area contributed by atoms with Crippen LogP contribution in [-0.2, 0) is 0 Å². The van der Waals surface area contributed by atoms with E-state index in [1.54, 1.807) is 0 Å². The van der Waals surface area contributed by atoms with E-state index in [1.807, 2.05) is 18.2 Å². The first kappa shape index (κ1) is 14.2. The molecule has 1 heterocycles. The summed E-state index contributed by atoms with van der Waals surface area (Å²) in [7, 11) is 0. The standard InChI is InChI=1S/C17H25N3O/c1-17(2)7-3-4-13(11-17)20-16(21)12-5-6-14-15(10-12)19-9-8-18-14/h5-6,10,13,18-19H,3-4,7-9,11H2,1-2H3,(H,20,21). The molecule has 1 amide bonds. The highest BCUT2D eigenvalue weighted by molar-refractivity contribution is 5.96. The highest BCUT2D eigenvalue weighted by atomic mass is 16.1. The van der Waals surface area contributed by atoms with Crippen LogP contribution in [0.4, 0.5) is 11.4 Å². The predicted octanol–water partition coefficient (Wildman–Crippen LogP) is 3.22. The average Bonchev–Trinajstić information content (AvgIpc) is 2.45. The summed E-state index contributed by atoms with van der Waals surface area (Å²) in [5.74, 6) is 0.0490. The molecule has 3 N–H and O–H groups in total. The quantitative estimate of drug-likeness (QED) is 0.783. The van der Waals surface area contributed by atoms with E-state index in [9.17, 15) is 4.79 Å². The van der Waals surface area contributed by atoms with Gasteiger partial charge in [0.15, 0.2) is 0 Å². The molecule has 0 saturated heterocycles. The summed E-state index contributed by atoms with van der Waals surface area (Å²) >= 11 is 0. The molecule has 1 saturated carbocycles. The number of hydrogen-bond donors (Lipinski definition) is 3. The number of benzene rings is 1. The summed E-state index contributed by atoms with van der Waals surface area (Å²) in [5, 5.41) is 9.87. The Kier molecular flexibility index (Phi) is 3.79. The Bertz CT molecular complexity index is 539. The van der Waals surface area contributed by atoms with Gasteiger partial charge in [-0.25, -0.2) is 0 Å². The van der Waals surface area contributed by atoms with E-state index in [1.165, 1.54) is 12.8 Å². The lowest BCUT2D eigenvalue weighted by atomic mass is 9.75. The Morgan fingerprint density at radius 2 is 2.00 bits per heavy atom. The van der Waals surface area contributed by atoms with Gasteiger partial charge in [-0.05, 0) is 42.9 Å². The Labute approximate surface area is 126 Å². The lowest BCUT2D eigenvalue weighted by Crippen LogP contribution is -2.40. The Morgan fingerprint density at radius 3 is 2.76 bits per heavy atom. The van der Waals surface area contributed by atoms with E-state index in [0.717, 1.165) is 42.9 Å². The third-order valence-corrected chi connectivity index (χ3v) is 4.58. The van der Waals surface area contributed by atoms with Crippen molar-refractivity contribution in [3.8, 4) is 0 Å². The number of carbonyl (C=O) groups excluding carboxylic acids is 1. The zero-order chi connectivity index (χ0) is 14.9. The van der Waals surface area contributed by atoms with E-state index in [0.29, 0.717) is 11.5 Å². The third kappa shape index (κ3) is 3.31. The number of amides is 1. The molecule has 1 aliphatic carbocycles. The van der Waals surface area contributed by atoms with Crippen molar-refractivity contribution in [2.24, 2.45) is 5.41 Å². The Hall–Kier alpha value is -1.71. The first-order valence-electron chi connectivity index (χ1n) is 7.96. The maximum absolute atomic E-state index is 12.5. The molecule has 1 fully saturated rings. The minimum atomic E-state index is 0.0490. The lowest BCUT2D eigenvalue weighted by Gasteiger charge is -2.35. The van der Waals surface area contributed by atoms with Gasteiger partial charge in [0.05, 0.1) is 11.4 Å². The fourth-order valence-electron chi connectivity index (χ4n) is 3.47. The molecular formula is C17H25N3O. The van der Waals surface area contributed by atoms with Crippen molar-refractivity contribution in [2.75, 3.05) is 23.7 Å². The summed E-state index contributed by atoms with van der Waals surface area (Å²) in [6.07, 6.45) is 4.63. The number of rotatable bonds is 2. The van der Waals surface area contributed by atoms with E-state index in [4.69, 9.17) is 0 Å². The first-order chi connectivity index (χ1) is 10.0. The highest BCUT2D eigenvalue weighted by Gasteiger charge is 2.29. The summed E-state index contributed by atoms with van der Waals surface area (Å²) in [4.78, 5) is 12.5. The van der Waals surface area contributed by atoms with Crippen LogP contribution < -0.4 is 16.0 Å². The lowest BCUT2D eigenvalue weighted by molar-refractivity contribution is 0.0902. The van der Waals surface area contributed by atoms with Gasteiger partial charge in [0, 0.05) is 24.7 Å². The number of fused-ring (bicyclic) bond motifs is 1. The van der Waals surface area contributed by atoms with Crippen LogP contribution in [0.1, 0.15) is 49.9 Å². The minimum Gasteiger partial charge on any atom is -0.382 e. The molecule has 0 spiro atoms. The van der Waals surface area contributed by atoms with Crippen LogP contribution in [0.5, 0.6) is 0 Å². The molecule has 1 aromatic rings. The van der Waals surface area contributed by atoms with Gasteiger partial charge in [-0.3, -0.25) is 4.79 Å². The number of anilines is 2. The molecule has 114 valence electrons. The van der Waals surface area contributed by atoms with Crippen molar-refractivity contribution in [1.29, 1.82) is 0 Å². The third-order valence-electron chi connectivity index (χ3n) is 4.58. The van der Waals surface area contributed by atoms with Crippen LogP contribution in [0.25, 0.3) is 0 Å². The Balaban J connectivity index is 1.68. The largest absolute Gasteiger partial charge is 0.382 e. The maximum Gasteiger partial charge on any atom is 0.251 e. The first-order valence-corrected chi connectivity index (χ1v) is 7.96. The van der Waals surface area contributed by atoms with Gasteiger partial charge in [0.2, 0.25) is 0 Å². The van der Waals surface area contributed by atoms with Gasteiger partial charge in [-0.15, -0.1) is 0 Å². The van der Waals surface area contributed by atoms with E-state index in [-0.39, 0.29) is 5.91 Å². The number of hydrogen-bond acceptors (Lipinski definition) is 3. The maximum atomic E-state index is 12.5. The van der Waals surface area contributed by atoms with Crippen LogP contribution in [0.3, 0.4) is 0 Å². The van der Waals surface area contributed by atoms with Gasteiger partial charge >= 0.3 is 0 Å². The SMILES string of the molecule is CC1(C)CCCC(NC(=O)c2ccc3c(c2)NCCN3)C1. The molecule has 1 unspecified atom stereocenters. The molecule has 4 heteroatoms. The normalized spacial score (nSPS) is 23.4. The van der Waals surface area contributed by atoms with E-state index < -0.39 is 0 Å². The fraction of sp³-hybridized carbons (Fsp3) is 0.588. The zero-order valence-electron chi connectivity index (χ0n) is 13.0. The molecule has 2 aliphatic rings. The van der Waals surface area contributed by atoms with E-state index >= 15 is 0 Å². The minimum absolute atomic E-state index is 0.0490. The van der Waals surface area contributed by atoms with Gasteiger partial charge in [-0.2, -0.15) is 0 Å². The van der Waals surface area contributed by atoms with Gasteiger partial charge < -0.3 is 16.0 Å². The zero-order valence-corrected chi connectivity index (χ0v) is 13.0. The second-order valence-corrected chi connectivity index (χ2v) is 7.04. The van der Waals surface area contributed by atoms with Crippen molar-refractivity contribution >= 4 is 17.3 Å². The summed E-state index contributed by atoms with van der Waals surface area (Å²) in [6.45, 7) is 6.41. The van der Waals surface area contributed by atoms with Crippen molar-refractivity contribution in [3.63, 3.8) is 0 Å². The second-order valence-electron chi connectivity index (χ2n) is 7.04. The summed E-state index contributed by atoms with van der Waals surface area (Å²) in [5.41, 5.74) is 3.19. The van der Waals surface area contributed by atoms with Gasteiger partial charge in [0.25, 0.3) is 5.91 Å². The summed E-state index contributed by atoms with van der Waals surface area (Å²) in [6, 6.07) is 6.15. The molecule has 3 rings (SSSR count). The molecule has 1 atom stereocenters. The van der Waals surface area contributed by atoms with Crippen molar-refractivity contribution in [3.05, 3.63) is 23.8 Å². The monoisotopic (exact) mass is 287 g/mol. The smallest absolute Gasteiger partial charge is 0.251 e. The van der Waals surface area contributed by atoms with Crippen LogP contribution >= 0.6 is 0 Å². The van der Waals surface area contributed by atoms with Crippen molar-refractivity contribution in [1.82, 2.24) is 5.32 Å². The van der Waals surface area contributed by atoms with E-state index in [2.05, 4.69) is 29.8 Å². The molecule has 1 aromatic carbocycles. The van der Waals surface area contributed by atoms with Gasteiger partial charge in [-0.1, -0.05) is 20.3 Å². The fourth-order valence-corrected chi connectivity index (χ4v) is 3.47.